The van der Waals surface area contributed by atoms with Crippen LogP contribution in [0.25, 0.3) is 87.8 Å². The lowest BCUT2D eigenvalue weighted by molar-refractivity contribution is 1.18. The van der Waals surface area contributed by atoms with Crippen LogP contribution in [0.5, 0.6) is 0 Å². The molecule has 10 aromatic rings. The van der Waals surface area contributed by atoms with Gasteiger partial charge in [-0.2, -0.15) is 0 Å². The lowest BCUT2D eigenvalue weighted by Crippen LogP contribution is -1.95. The highest BCUT2D eigenvalue weighted by atomic mass is 15.0. The van der Waals surface area contributed by atoms with Gasteiger partial charge in [0.25, 0.3) is 0 Å². The lowest BCUT2D eigenvalue weighted by atomic mass is 10.00. The standard InChI is InChI=1S/C42H26N2/c1-2-10-27(11-3-1)28-20-22-29(23-21-28)30-12-8-13-31(26-30)43-38-19-9-16-34-32-14-4-6-17-36(32)44-37-18-7-5-15-33(37)35-24-25-39(43)41(40(34)38)42(35)44/h1-26H. The second-order valence-electron chi connectivity index (χ2n) is 11.8. The monoisotopic (exact) mass is 558 g/mol. The van der Waals surface area contributed by atoms with Crippen LogP contribution in [0.1, 0.15) is 0 Å². The summed E-state index contributed by atoms with van der Waals surface area (Å²) >= 11 is 0. The second-order valence-corrected chi connectivity index (χ2v) is 11.8. The van der Waals surface area contributed by atoms with E-state index in [1.807, 2.05) is 0 Å². The molecular formula is C42H26N2. The molecule has 3 aromatic heterocycles. The minimum absolute atomic E-state index is 1.17. The summed E-state index contributed by atoms with van der Waals surface area (Å²) in [6.45, 7) is 0. The minimum Gasteiger partial charge on any atom is -0.309 e. The number of nitrogens with zero attached hydrogens (tertiary/aromatic N) is 2. The zero-order chi connectivity index (χ0) is 28.8. The van der Waals surface area contributed by atoms with Crippen LogP contribution in [0.4, 0.5) is 0 Å². The number of hydrogen-bond donors (Lipinski definition) is 0. The van der Waals surface area contributed by atoms with Crippen molar-refractivity contribution in [3.8, 4) is 27.9 Å². The van der Waals surface area contributed by atoms with Gasteiger partial charge in [-0.1, -0.05) is 121 Å². The van der Waals surface area contributed by atoms with Gasteiger partial charge < -0.3 is 8.97 Å². The van der Waals surface area contributed by atoms with Crippen LogP contribution >= 0.6 is 0 Å². The van der Waals surface area contributed by atoms with E-state index in [1.54, 1.807) is 0 Å². The Labute approximate surface area is 254 Å². The SMILES string of the molecule is c1ccc(-c2ccc(-c3cccc(-n4c5cccc6c7ccccc7n7c8ccccc8c8ccc4c(c65)c87)c3)cc2)cc1. The number of benzene rings is 7. The molecule has 0 N–H and O–H groups in total. The molecule has 44 heavy (non-hydrogen) atoms. The van der Waals surface area contributed by atoms with Crippen molar-refractivity contribution in [2.45, 2.75) is 0 Å². The third-order valence-electron chi connectivity index (χ3n) is 9.45. The molecular weight excluding hydrogens is 532 g/mol. The summed E-state index contributed by atoms with van der Waals surface area (Å²) in [5, 5.41) is 7.78. The predicted octanol–water partition coefficient (Wildman–Crippen LogP) is 11.3. The minimum atomic E-state index is 1.17. The molecule has 204 valence electrons. The Hall–Kier alpha value is -5.86. The second kappa shape index (κ2) is 8.82. The Morgan fingerprint density at radius 3 is 1.64 bits per heavy atom. The summed E-state index contributed by atoms with van der Waals surface area (Å²) in [4.78, 5) is 0. The van der Waals surface area contributed by atoms with Crippen molar-refractivity contribution in [1.29, 1.82) is 0 Å². The quantitative estimate of drug-likeness (QED) is 0.204. The fraction of sp³-hybridized carbons (Fsp3) is 0. The maximum Gasteiger partial charge on any atom is 0.0641 e. The summed E-state index contributed by atoms with van der Waals surface area (Å²) < 4.78 is 4.96. The van der Waals surface area contributed by atoms with Crippen molar-refractivity contribution in [2.75, 3.05) is 0 Å². The molecule has 0 fully saturated rings. The van der Waals surface area contributed by atoms with Crippen molar-refractivity contribution in [3.05, 3.63) is 158 Å². The molecule has 2 heteroatoms. The zero-order valence-electron chi connectivity index (χ0n) is 23.9. The highest BCUT2D eigenvalue weighted by Crippen LogP contribution is 2.45. The van der Waals surface area contributed by atoms with Crippen LogP contribution in [0, 0.1) is 0 Å². The van der Waals surface area contributed by atoms with Crippen LogP contribution in [0.3, 0.4) is 0 Å². The Balaban J connectivity index is 1.28. The molecule has 2 nitrogen and oxygen atoms in total. The van der Waals surface area contributed by atoms with Gasteiger partial charge in [-0.3, -0.25) is 0 Å². The highest BCUT2D eigenvalue weighted by molar-refractivity contribution is 6.33. The molecule has 7 aromatic carbocycles. The molecule has 10 rings (SSSR count). The average molecular weight is 559 g/mol. The number of aromatic nitrogens is 2. The van der Waals surface area contributed by atoms with E-state index in [2.05, 4.69) is 167 Å². The van der Waals surface area contributed by atoms with Gasteiger partial charge in [0.15, 0.2) is 0 Å². The van der Waals surface area contributed by atoms with Gasteiger partial charge >= 0.3 is 0 Å². The molecule has 0 radical (unpaired) electrons. The van der Waals surface area contributed by atoms with E-state index in [9.17, 15) is 0 Å². The first-order valence-corrected chi connectivity index (χ1v) is 15.2. The van der Waals surface area contributed by atoms with Crippen molar-refractivity contribution in [3.63, 3.8) is 0 Å². The molecule has 3 heterocycles. The highest BCUT2D eigenvalue weighted by Gasteiger charge is 2.22. The van der Waals surface area contributed by atoms with Crippen molar-refractivity contribution < 1.29 is 0 Å². The van der Waals surface area contributed by atoms with Crippen LogP contribution in [-0.4, -0.2) is 8.97 Å². The van der Waals surface area contributed by atoms with E-state index in [1.165, 1.54) is 87.8 Å². The number of fused-ring (bicyclic) bond motifs is 6. The molecule has 0 amide bonds. The fourth-order valence-corrected chi connectivity index (χ4v) is 7.56. The first kappa shape index (κ1) is 23.7. The molecule has 0 aliphatic heterocycles. The Kier molecular flexibility index (Phi) is 4.75. The molecule has 0 saturated carbocycles. The average Bonchev–Trinajstić information content (AvgIpc) is 3.57. The van der Waals surface area contributed by atoms with Crippen molar-refractivity contribution >= 4 is 59.9 Å². The summed E-state index contributed by atoms with van der Waals surface area (Å²) in [7, 11) is 0. The Morgan fingerprint density at radius 2 is 0.864 bits per heavy atom. The Bertz CT molecular complexity index is 2690. The van der Waals surface area contributed by atoms with Gasteiger partial charge in [0.05, 0.1) is 27.6 Å². The molecule has 0 aliphatic carbocycles. The largest absolute Gasteiger partial charge is 0.309 e. The molecule has 0 saturated heterocycles. The normalized spacial score (nSPS) is 12.1. The van der Waals surface area contributed by atoms with Gasteiger partial charge in [-0.15, -0.1) is 0 Å². The summed E-state index contributed by atoms with van der Waals surface area (Å²) in [6, 6.07) is 57.6. The van der Waals surface area contributed by atoms with E-state index in [4.69, 9.17) is 0 Å². The summed E-state index contributed by atoms with van der Waals surface area (Å²) in [5.74, 6) is 0. The zero-order valence-corrected chi connectivity index (χ0v) is 23.9. The van der Waals surface area contributed by atoms with Crippen LogP contribution in [0.15, 0.2) is 158 Å². The van der Waals surface area contributed by atoms with E-state index in [0.29, 0.717) is 0 Å². The number of rotatable bonds is 3. The smallest absolute Gasteiger partial charge is 0.0641 e. The molecule has 0 atom stereocenters. The topological polar surface area (TPSA) is 9.34 Å². The Morgan fingerprint density at radius 1 is 0.318 bits per heavy atom. The third-order valence-corrected chi connectivity index (χ3v) is 9.45. The van der Waals surface area contributed by atoms with Crippen molar-refractivity contribution in [2.24, 2.45) is 0 Å². The van der Waals surface area contributed by atoms with Crippen LogP contribution < -0.4 is 0 Å². The predicted molar refractivity (Wildman–Crippen MR) is 186 cm³/mol. The summed E-state index contributed by atoms with van der Waals surface area (Å²) in [6.07, 6.45) is 0. The van der Waals surface area contributed by atoms with Gasteiger partial charge in [-0.25, -0.2) is 0 Å². The molecule has 0 bridgehead atoms. The lowest BCUT2D eigenvalue weighted by Gasteiger charge is -2.11. The first-order chi connectivity index (χ1) is 21.8. The van der Waals surface area contributed by atoms with Gasteiger partial charge in [0.2, 0.25) is 0 Å². The molecule has 0 unspecified atom stereocenters. The van der Waals surface area contributed by atoms with E-state index >= 15 is 0 Å². The van der Waals surface area contributed by atoms with E-state index in [-0.39, 0.29) is 0 Å². The summed E-state index contributed by atoms with van der Waals surface area (Å²) in [5.41, 5.74) is 12.3. The van der Waals surface area contributed by atoms with Gasteiger partial charge in [-0.05, 0) is 64.0 Å². The fourth-order valence-electron chi connectivity index (χ4n) is 7.56. The van der Waals surface area contributed by atoms with Crippen LogP contribution in [0.2, 0.25) is 0 Å². The maximum absolute atomic E-state index is 2.50. The van der Waals surface area contributed by atoms with Gasteiger partial charge in [0.1, 0.15) is 0 Å². The van der Waals surface area contributed by atoms with Crippen molar-refractivity contribution in [1.82, 2.24) is 8.97 Å². The van der Waals surface area contributed by atoms with Gasteiger partial charge in [0, 0.05) is 32.6 Å². The van der Waals surface area contributed by atoms with Crippen LogP contribution in [-0.2, 0) is 0 Å². The number of para-hydroxylation sites is 2. The third kappa shape index (κ3) is 3.14. The molecule has 0 aliphatic rings. The van der Waals surface area contributed by atoms with E-state index in [0.717, 1.165) is 0 Å². The maximum atomic E-state index is 2.50. The number of hydrogen-bond acceptors (Lipinski definition) is 0. The first-order valence-electron chi connectivity index (χ1n) is 15.2. The molecule has 0 spiro atoms. The van der Waals surface area contributed by atoms with E-state index < -0.39 is 0 Å².